The SMILES string of the molecule is COC(=O)c1ccc([C@H]2N=C(c3cccs3)C[C@H](c3ccccc3O)N2)cc1. The van der Waals surface area contributed by atoms with Crippen LogP contribution in [0.2, 0.25) is 0 Å². The Hall–Kier alpha value is -2.96. The predicted octanol–water partition coefficient (Wildman–Crippen LogP) is 4.46. The number of rotatable bonds is 4. The van der Waals surface area contributed by atoms with Gasteiger partial charge in [0.25, 0.3) is 0 Å². The molecule has 0 fully saturated rings. The normalized spacial score (nSPS) is 19.1. The minimum absolute atomic E-state index is 0.0684. The van der Waals surface area contributed by atoms with Crippen molar-refractivity contribution in [1.82, 2.24) is 5.32 Å². The summed E-state index contributed by atoms with van der Waals surface area (Å²) < 4.78 is 4.77. The minimum Gasteiger partial charge on any atom is -0.508 e. The summed E-state index contributed by atoms with van der Waals surface area (Å²) in [7, 11) is 1.37. The molecule has 0 bridgehead atoms. The maximum absolute atomic E-state index is 11.7. The summed E-state index contributed by atoms with van der Waals surface area (Å²) >= 11 is 1.66. The number of phenols is 1. The molecule has 2 atom stereocenters. The number of aliphatic imine (C=N–C) groups is 1. The molecule has 142 valence electrons. The summed E-state index contributed by atoms with van der Waals surface area (Å²) in [5.74, 6) is -0.0924. The molecule has 0 amide bonds. The molecule has 0 saturated heterocycles. The first-order chi connectivity index (χ1) is 13.7. The van der Waals surface area contributed by atoms with Crippen LogP contribution in [0.1, 0.15) is 45.0 Å². The van der Waals surface area contributed by atoms with Crippen LogP contribution in [0.25, 0.3) is 0 Å². The molecular weight excluding hydrogens is 372 g/mol. The van der Waals surface area contributed by atoms with Crippen molar-refractivity contribution in [3.63, 3.8) is 0 Å². The number of carbonyl (C=O) groups is 1. The molecule has 0 radical (unpaired) electrons. The Morgan fingerprint density at radius 3 is 2.61 bits per heavy atom. The average molecular weight is 392 g/mol. The molecule has 1 aromatic heterocycles. The van der Waals surface area contributed by atoms with Crippen molar-refractivity contribution in [3.05, 3.63) is 87.6 Å². The van der Waals surface area contributed by atoms with E-state index in [1.165, 1.54) is 7.11 Å². The Bertz CT molecular complexity index is 997. The summed E-state index contributed by atoms with van der Waals surface area (Å²) in [6.07, 6.45) is 0.414. The second kappa shape index (κ2) is 7.96. The van der Waals surface area contributed by atoms with E-state index in [4.69, 9.17) is 9.73 Å². The number of ether oxygens (including phenoxy) is 1. The molecule has 2 N–H and O–H groups in total. The van der Waals surface area contributed by atoms with E-state index in [0.29, 0.717) is 12.0 Å². The molecule has 0 spiro atoms. The van der Waals surface area contributed by atoms with Crippen molar-refractivity contribution in [1.29, 1.82) is 0 Å². The van der Waals surface area contributed by atoms with E-state index in [-0.39, 0.29) is 23.9 Å². The van der Waals surface area contributed by atoms with Gasteiger partial charge < -0.3 is 9.84 Å². The molecule has 4 rings (SSSR count). The summed E-state index contributed by atoms with van der Waals surface area (Å²) in [5, 5.41) is 15.9. The third-order valence-electron chi connectivity index (χ3n) is 4.81. The number of esters is 1. The van der Waals surface area contributed by atoms with Gasteiger partial charge in [0, 0.05) is 22.9 Å². The fourth-order valence-corrected chi connectivity index (χ4v) is 4.10. The quantitative estimate of drug-likeness (QED) is 0.643. The Morgan fingerprint density at radius 1 is 1.14 bits per heavy atom. The number of thiophene rings is 1. The molecule has 0 saturated carbocycles. The number of carbonyl (C=O) groups excluding carboxylic acids is 1. The molecule has 0 aliphatic carbocycles. The van der Waals surface area contributed by atoms with Gasteiger partial charge in [0.15, 0.2) is 0 Å². The molecular formula is C22H20N2O3S. The number of hydrogen-bond donors (Lipinski definition) is 2. The number of phenolic OH excluding ortho intramolecular Hbond substituents is 1. The van der Waals surface area contributed by atoms with Crippen molar-refractivity contribution in [2.45, 2.75) is 18.6 Å². The van der Waals surface area contributed by atoms with E-state index in [9.17, 15) is 9.90 Å². The predicted molar refractivity (Wildman–Crippen MR) is 110 cm³/mol. The molecule has 5 nitrogen and oxygen atoms in total. The van der Waals surface area contributed by atoms with Crippen LogP contribution in [-0.2, 0) is 4.74 Å². The zero-order valence-corrected chi connectivity index (χ0v) is 16.1. The van der Waals surface area contributed by atoms with E-state index in [1.54, 1.807) is 29.5 Å². The minimum atomic E-state index is -0.363. The number of nitrogens with one attached hydrogen (secondary N) is 1. The molecule has 28 heavy (non-hydrogen) atoms. The van der Waals surface area contributed by atoms with Gasteiger partial charge in [-0.1, -0.05) is 36.4 Å². The van der Waals surface area contributed by atoms with E-state index >= 15 is 0 Å². The fraction of sp³-hybridized carbons (Fsp3) is 0.182. The molecule has 3 aromatic rings. The summed E-state index contributed by atoms with van der Waals surface area (Å²) in [6, 6.07) is 18.6. The van der Waals surface area contributed by atoms with Crippen LogP contribution in [0.4, 0.5) is 0 Å². The van der Waals surface area contributed by atoms with Crippen LogP contribution in [0.3, 0.4) is 0 Å². The number of para-hydroxylation sites is 1. The fourth-order valence-electron chi connectivity index (χ4n) is 3.37. The van der Waals surface area contributed by atoms with Crippen LogP contribution in [0.5, 0.6) is 5.75 Å². The lowest BCUT2D eigenvalue weighted by atomic mass is 9.96. The van der Waals surface area contributed by atoms with Crippen LogP contribution < -0.4 is 5.32 Å². The standard InChI is InChI=1S/C22H20N2O3S/c1-27-22(26)15-10-8-14(9-11-15)21-23-17(16-5-2-3-6-19(16)25)13-18(24-21)20-7-4-12-28-20/h2-12,17,21,23,25H,13H2,1H3/t17-,21-/m1/s1. The van der Waals surface area contributed by atoms with E-state index in [0.717, 1.165) is 21.7 Å². The Balaban J connectivity index is 1.69. The molecule has 1 aliphatic rings. The van der Waals surface area contributed by atoms with E-state index in [2.05, 4.69) is 11.4 Å². The zero-order chi connectivity index (χ0) is 19.5. The van der Waals surface area contributed by atoms with Crippen molar-refractivity contribution >= 4 is 23.0 Å². The largest absolute Gasteiger partial charge is 0.508 e. The summed E-state index contributed by atoms with van der Waals surface area (Å²) in [6.45, 7) is 0. The Kier molecular flexibility index (Phi) is 5.23. The first kappa shape index (κ1) is 18.4. The number of nitrogens with zero attached hydrogens (tertiary/aromatic N) is 1. The topological polar surface area (TPSA) is 70.9 Å². The Morgan fingerprint density at radius 2 is 1.93 bits per heavy atom. The average Bonchev–Trinajstić information content (AvgIpc) is 3.28. The number of aromatic hydroxyl groups is 1. The van der Waals surface area contributed by atoms with Gasteiger partial charge >= 0.3 is 5.97 Å². The highest BCUT2D eigenvalue weighted by molar-refractivity contribution is 7.12. The third kappa shape index (κ3) is 3.69. The van der Waals surface area contributed by atoms with Crippen LogP contribution >= 0.6 is 11.3 Å². The van der Waals surface area contributed by atoms with Gasteiger partial charge in [0.1, 0.15) is 11.9 Å². The summed E-state index contributed by atoms with van der Waals surface area (Å²) in [5.41, 5.74) is 3.30. The number of hydrogen-bond acceptors (Lipinski definition) is 6. The maximum Gasteiger partial charge on any atom is 0.337 e. The summed E-state index contributed by atoms with van der Waals surface area (Å²) in [4.78, 5) is 17.7. The monoisotopic (exact) mass is 392 g/mol. The van der Waals surface area contributed by atoms with Gasteiger partial charge in [-0.2, -0.15) is 0 Å². The first-order valence-electron chi connectivity index (χ1n) is 8.98. The van der Waals surface area contributed by atoms with Crippen molar-refractivity contribution in [3.8, 4) is 5.75 Å². The number of methoxy groups -OCH3 is 1. The lowest BCUT2D eigenvalue weighted by Crippen LogP contribution is -2.32. The van der Waals surface area contributed by atoms with Gasteiger partial charge in [-0.15, -0.1) is 11.3 Å². The molecule has 6 heteroatoms. The van der Waals surface area contributed by atoms with Crippen molar-refractivity contribution in [2.75, 3.05) is 7.11 Å². The molecule has 0 unspecified atom stereocenters. The smallest absolute Gasteiger partial charge is 0.337 e. The highest BCUT2D eigenvalue weighted by Gasteiger charge is 2.28. The van der Waals surface area contributed by atoms with Crippen LogP contribution in [0.15, 0.2) is 71.0 Å². The maximum atomic E-state index is 11.7. The van der Waals surface area contributed by atoms with E-state index < -0.39 is 0 Å². The van der Waals surface area contributed by atoms with Crippen molar-refractivity contribution in [2.24, 2.45) is 4.99 Å². The van der Waals surface area contributed by atoms with Gasteiger partial charge in [0.2, 0.25) is 0 Å². The number of benzene rings is 2. The second-order valence-electron chi connectivity index (χ2n) is 6.55. The Labute approximate surface area is 167 Å². The first-order valence-corrected chi connectivity index (χ1v) is 9.86. The van der Waals surface area contributed by atoms with Gasteiger partial charge in [-0.25, -0.2) is 4.79 Å². The molecule has 2 heterocycles. The highest BCUT2D eigenvalue weighted by atomic mass is 32.1. The third-order valence-corrected chi connectivity index (χ3v) is 5.73. The molecule has 1 aliphatic heterocycles. The second-order valence-corrected chi connectivity index (χ2v) is 7.50. The van der Waals surface area contributed by atoms with Gasteiger partial charge in [0.05, 0.1) is 18.4 Å². The highest BCUT2D eigenvalue weighted by Crippen LogP contribution is 2.35. The zero-order valence-electron chi connectivity index (χ0n) is 15.3. The van der Waals surface area contributed by atoms with Crippen LogP contribution in [-0.4, -0.2) is 23.9 Å². The van der Waals surface area contributed by atoms with E-state index in [1.807, 2.05) is 41.8 Å². The lowest BCUT2D eigenvalue weighted by molar-refractivity contribution is 0.0600. The van der Waals surface area contributed by atoms with Crippen molar-refractivity contribution < 1.29 is 14.6 Å². The van der Waals surface area contributed by atoms with Gasteiger partial charge in [-0.05, 0) is 35.2 Å². The van der Waals surface area contributed by atoms with Gasteiger partial charge in [-0.3, -0.25) is 10.3 Å². The molecule has 2 aromatic carbocycles. The lowest BCUT2D eigenvalue weighted by Gasteiger charge is -2.30. The van der Waals surface area contributed by atoms with Crippen LogP contribution in [0, 0.1) is 0 Å².